The van der Waals surface area contributed by atoms with Gasteiger partial charge in [0.1, 0.15) is 5.75 Å². The molecule has 15 heavy (non-hydrogen) atoms. The van der Waals surface area contributed by atoms with Gasteiger partial charge in [-0.05, 0) is 44.0 Å². The number of hydrogen-bond acceptors (Lipinski definition) is 2. The van der Waals surface area contributed by atoms with Crippen LogP contribution in [0.3, 0.4) is 0 Å². The molecule has 0 saturated heterocycles. The quantitative estimate of drug-likeness (QED) is 0.686. The number of fused-ring (bicyclic) bond motifs is 1. The molecule has 1 atom stereocenters. The van der Waals surface area contributed by atoms with E-state index in [2.05, 4.69) is 32.2 Å². The van der Waals surface area contributed by atoms with E-state index in [-0.39, 0.29) is 5.54 Å². The van der Waals surface area contributed by atoms with Crippen molar-refractivity contribution in [2.75, 3.05) is 5.32 Å². The van der Waals surface area contributed by atoms with Crippen LogP contribution in [0.2, 0.25) is 0 Å². The Kier molecular flexibility index (Phi) is 2.22. The van der Waals surface area contributed by atoms with Gasteiger partial charge in [-0.1, -0.05) is 13.0 Å². The zero-order chi connectivity index (χ0) is 11.1. The largest absolute Gasteiger partial charge is 0.508 e. The van der Waals surface area contributed by atoms with Gasteiger partial charge in [0.15, 0.2) is 0 Å². The van der Waals surface area contributed by atoms with Crippen molar-refractivity contribution in [2.45, 2.75) is 32.7 Å². The summed E-state index contributed by atoms with van der Waals surface area (Å²) in [6, 6.07) is 5.47. The van der Waals surface area contributed by atoms with Crippen molar-refractivity contribution in [3.8, 4) is 5.75 Å². The molecule has 0 aromatic heterocycles. The van der Waals surface area contributed by atoms with Gasteiger partial charge in [-0.2, -0.15) is 0 Å². The second-order valence-corrected chi connectivity index (χ2v) is 4.45. The van der Waals surface area contributed by atoms with E-state index in [0.29, 0.717) is 5.75 Å². The summed E-state index contributed by atoms with van der Waals surface area (Å²) in [5, 5.41) is 12.9. The minimum atomic E-state index is 0.0358. The van der Waals surface area contributed by atoms with E-state index in [1.165, 1.54) is 5.57 Å². The monoisotopic (exact) mass is 203 g/mol. The van der Waals surface area contributed by atoms with Gasteiger partial charge < -0.3 is 10.4 Å². The summed E-state index contributed by atoms with van der Waals surface area (Å²) in [4.78, 5) is 0. The first-order chi connectivity index (χ1) is 7.04. The summed E-state index contributed by atoms with van der Waals surface area (Å²) in [6.45, 7) is 6.45. The van der Waals surface area contributed by atoms with E-state index in [4.69, 9.17) is 0 Å². The summed E-state index contributed by atoms with van der Waals surface area (Å²) >= 11 is 0. The third-order valence-corrected chi connectivity index (χ3v) is 3.12. The number of phenols is 1. The highest BCUT2D eigenvalue weighted by Gasteiger charge is 2.25. The average molecular weight is 203 g/mol. The predicted octanol–water partition coefficient (Wildman–Crippen LogP) is 3.39. The van der Waals surface area contributed by atoms with Crippen LogP contribution < -0.4 is 5.32 Å². The van der Waals surface area contributed by atoms with Crippen LogP contribution in [0.1, 0.15) is 32.8 Å². The van der Waals surface area contributed by atoms with Crippen molar-refractivity contribution in [3.05, 3.63) is 29.8 Å². The van der Waals surface area contributed by atoms with Crippen LogP contribution in [-0.4, -0.2) is 10.6 Å². The fourth-order valence-corrected chi connectivity index (χ4v) is 2.06. The van der Waals surface area contributed by atoms with Crippen molar-refractivity contribution in [2.24, 2.45) is 0 Å². The van der Waals surface area contributed by atoms with Crippen LogP contribution in [0.15, 0.2) is 24.3 Å². The number of phenolic OH excluding ortho intramolecular Hbond substituents is 1. The second-order valence-electron chi connectivity index (χ2n) is 4.45. The molecule has 2 N–H and O–H groups in total. The maximum atomic E-state index is 9.44. The molecule has 0 amide bonds. The van der Waals surface area contributed by atoms with Crippen molar-refractivity contribution < 1.29 is 5.11 Å². The van der Waals surface area contributed by atoms with Crippen molar-refractivity contribution in [1.82, 2.24) is 0 Å². The number of rotatable bonds is 1. The lowest BCUT2D eigenvalue weighted by Crippen LogP contribution is -2.34. The van der Waals surface area contributed by atoms with Crippen LogP contribution in [0, 0.1) is 0 Å². The van der Waals surface area contributed by atoms with Gasteiger partial charge in [0.25, 0.3) is 0 Å². The van der Waals surface area contributed by atoms with E-state index in [9.17, 15) is 5.11 Å². The molecule has 0 aliphatic carbocycles. The number of benzene rings is 1. The zero-order valence-electron chi connectivity index (χ0n) is 9.46. The molecule has 2 rings (SSSR count). The highest BCUT2D eigenvalue weighted by Crippen LogP contribution is 2.36. The van der Waals surface area contributed by atoms with Crippen LogP contribution in [-0.2, 0) is 0 Å². The van der Waals surface area contributed by atoms with Crippen molar-refractivity contribution in [3.63, 3.8) is 0 Å². The molecule has 0 spiro atoms. The molecular weight excluding hydrogens is 186 g/mol. The second kappa shape index (κ2) is 3.30. The number of nitrogens with one attached hydrogen (secondary N) is 1. The standard InChI is InChI=1S/C13H17NO/c1-4-13(3)8-9(2)11-7-10(15)5-6-12(11)14-13/h5-8,14-15H,4H2,1-3H3. The Hall–Kier alpha value is -1.44. The predicted molar refractivity (Wildman–Crippen MR) is 64.1 cm³/mol. The molecule has 0 fully saturated rings. The van der Waals surface area contributed by atoms with Gasteiger partial charge in [-0.15, -0.1) is 0 Å². The Balaban J connectivity index is 2.51. The fourth-order valence-electron chi connectivity index (χ4n) is 2.06. The Morgan fingerprint density at radius 3 is 2.80 bits per heavy atom. The summed E-state index contributed by atoms with van der Waals surface area (Å²) in [7, 11) is 0. The molecule has 1 aliphatic rings. The molecule has 1 unspecified atom stereocenters. The molecule has 0 bridgehead atoms. The summed E-state index contributed by atoms with van der Waals surface area (Å²) in [6.07, 6.45) is 3.28. The third kappa shape index (κ3) is 1.72. The van der Waals surface area contributed by atoms with Gasteiger partial charge in [-0.25, -0.2) is 0 Å². The third-order valence-electron chi connectivity index (χ3n) is 3.12. The van der Waals surface area contributed by atoms with Crippen LogP contribution in [0.25, 0.3) is 5.57 Å². The van der Waals surface area contributed by atoms with E-state index in [0.717, 1.165) is 17.7 Å². The molecule has 0 radical (unpaired) electrons. The summed E-state index contributed by atoms with van der Waals surface area (Å²) in [5.74, 6) is 0.323. The average Bonchev–Trinajstić information content (AvgIpc) is 2.20. The first-order valence-corrected chi connectivity index (χ1v) is 5.35. The van der Waals surface area contributed by atoms with Gasteiger partial charge in [-0.3, -0.25) is 0 Å². The smallest absolute Gasteiger partial charge is 0.116 e. The fraction of sp³-hybridized carbons (Fsp3) is 0.385. The molecule has 1 aromatic rings. The van der Waals surface area contributed by atoms with Gasteiger partial charge >= 0.3 is 0 Å². The first-order valence-electron chi connectivity index (χ1n) is 5.35. The maximum Gasteiger partial charge on any atom is 0.116 e. The molecular formula is C13H17NO. The molecule has 1 aliphatic heterocycles. The van der Waals surface area contributed by atoms with Crippen LogP contribution in [0.5, 0.6) is 5.75 Å². The van der Waals surface area contributed by atoms with E-state index in [1.54, 1.807) is 6.07 Å². The van der Waals surface area contributed by atoms with Gasteiger partial charge in [0, 0.05) is 11.3 Å². The maximum absolute atomic E-state index is 9.44. The molecule has 80 valence electrons. The molecule has 1 aromatic carbocycles. The zero-order valence-corrected chi connectivity index (χ0v) is 9.46. The lowest BCUT2D eigenvalue weighted by Gasteiger charge is -2.34. The minimum absolute atomic E-state index is 0.0358. The number of aromatic hydroxyl groups is 1. The lowest BCUT2D eigenvalue weighted by atomic mass is 9.88. The number of anilines is 1. The highest BCUT2D eigenvalue weighted by atomic mass is 16.3. The first kappa shape index (κ1) is 10.1. The van der Waals surface area contributed by atoms with E-state index < -0.39 is 0 Å². The Labute approximate surface area is 90.6 Å². The molecule has 2 heteroatoms. The van der Waals surface area contributed by atoms with Crippen molar-refractivity contribution in [1.29, 1.82) is 0 Å². The van der Waals surface area contributed by atoms with Crippen molar-refractivity contribution >= 4 is 11.3 Å². The number of hydrogen-bond donors (Lipinski definition) is 2. The minimum Gasteiger partial charge on any atom is -0.508 e. The molecule has 1 heterocycles. The SMILES string of the molecule is CCC1(C)C=C(C)c2cc(O)ccc2N1. The Morgan fingerprint density at radius 2 is 2.13 bits per heavy atom. The van der Waals surface area contributed by atoms with Gasteiger partial charge in [0.05, 0.1) is 5.54 Å². The van der Waals surface area contributed by atoms with E-state index >= 15 is 0 Å². The van der Waals surface area contributed by atoms with Crippen LogP contribution in [0.4, 0.5) is 5.69 Å². The number of allylic oxidation sites excluding steroid dienone is 1. The molecule has 2 nitrogen and oxygen atoms in total. The van der Waals surface area contributed by atoms with E-state index in [1.807, 2.05) is 12.1 Å². The van der Waals surface area contributed by atoms with Gasteiger partial charge in [0.2, 0.25) is 0 Å². The van der Waals surface area contributed by atoms with Crippen LogP contribution >= 0.6 is 0 Å². The highest BCUT2D eigenvalue weighted by molar-refractivity contribution is 5.80. The molecule has 0 saturated carbocycles. The lowest BCUT2D eigenvalue weighted by molar-refractivity contribution is 0.475. The normalized spacial score (nSPS) is 24.1. The summed E-state index contributed by atoms with van der Waals surface area (Å²) in [5.41, 5.74) is 3.47. The Morgan fingerprint density at radius 1 is 1.40 bits per heavy atom. The Bertz CT molecular complexity index is 423. The summed E-state index contributed by atoms with van der Waals surface area (Å²) < 4.78 is 0. The topological polar surface area (TPSA) is 32.3 Å².